The van der Waals surface area contributed by atoms with Crippen molar-refractivity contribution in [3.05, 3.63) is 59.2 Å². The number of carbonyl (C=O) groups is 2. The predicted octanol–water partition coefficient (Wildman–Crippen LogP) is 9.80. The standard InChI is InChI=1S/C35H47F3O5/c1-3-5-7-8-9-10-11-12-24-41-31-23-22-29(32(37)33(31)38)34(39)42-27-18-14-25(15-19-27)26-16-20-28(21-17-26)43-35(40)30(36)13-6-4-2/h14-15,18-19,22-23,26,28,30H,3-13,16-17,20-21,24H2,1-2H3/t26-,28-,30-/m0/s1. The molecule has 0 radical (unpaired) electrons. The van der Waals surface area contributed by atoms with Crippen LogP contribution in [0.2, 0.25) is 0 Å². The molecule has 2 aromatic rings. The van der Waals surface area contributed by atoms with Gasteiger partial charge in [0.1, 0.15) is 11.9 Å². The average molecular weight is 605 g/mol. The summed E-state index contributed by atoms with van der Waals surface area (Å²) in [5, 5.41) is 0. The van der Waals surface area contributed by atoms with Crippen LogP contribution in [-0.2, 0) is 9.53 Å². The molecule has 0 N–H and O–H groups in total. The van der Waals surface area contributed by atoms with E-state index in [1.165, 1.54) is 44.2 Å². The van der Waals surface area contributed by atoms with Crippen LogP contribution in [0.15, 0.2) is 36.4 Å². The maximum Gasteiger partial charge on any atom is 0.346 e. The van der Waals surface area contributed by atoms with Crippen LogP contribution >= 0.6 is 0 Å². The van der Waals surface area contributed by atoms with Gasteiger partial charge in [-0.25, -0.2) is 18.4 Å². The number of hydrogen-bond donors (Lipinski definition) is 0. The van der Waals surface area contributed by atoms with E-state index in [-0.39, 0.29) is 36.5 Å². The van der Waals surface area contributed by atoms with Gasteiger partial charge in [-0.1, -0.05) is 83.8 Å². The van der Waals surface area contributed by atoms with Crippen molar-refractivity contribution >= 4 is 11.9 Å². The Morgan fingerprint density at radius 3 is 2.07 bits per heavy atom. The van der Waals surface area contributed by atoms with E-state index in [0.717, 1.165) is 44.1 Å². The molecule has 1 aliphatic rings. The number of alkyl halides is 1. The van der Waals surface area contributed by atoms with E-state index in [9.17, 15) is 22.8 Å². The third kappa shape index (κ3) is 11.2. The molecule has 0 unspecified atom stereocenters. The summed E-state index contributed by atoms with van der Waals surface area (Å²) in [4.78, 5) is 24.6. The van der Waals surface area contributed by atoms with Crippen LogP contribution in [0.4, 0.5) is 13.2 Å². The van der Waals surface area contributed by atoms with Gasteiger partial charge >= 0.3 is 11.9 Å². The van der Waals surface area contributed by atoms with Gasteiger partial charge in [-0.05, 0) is 74.3 Å². The quantitative estimate of drug-likeness (QED) is 0.0963. The highest BCUT2D eigenvalue weighted by atomic mass is 19.2. The fraction of sp³-hybridized carbons (Fsp3) is 0.600. The molecule has 0 amide bonds. The number of ether oxygens (including phenoxy) is 3. The first-order valence-electron chi connectivity index (χ1n) is 16.1. The summed E-state index contributed by atoms with van der Waals surface area (Å²) in [7, 11) is 0. The molecule has 8 heteroatoms. The first kappa shape index (κ1) is 34.5. The van der Waals surface area contributed by atoms with E-state index in [2.05, 4.69) is 6.92 Å². The Kier molecular flexibility index (Phi) is 14.9. The van der Waals surface area contributed by atoms with Crippen LogP contribution in [0.5, 0.6) is 11.5 Å². The molecule has 238 valence electrons. The van der Waals surface area contributed by atoms with Crippen LogP contribution < -0.4 is 9.47 Å². The van der Waals surface area contributed by atoms with Crippen LogP contribution in [-0.4, -0.2) is 30.8 Å². The lowest BCUT2D eigenvalue weighted by atomic mass is 9.83. The first-order chi connectivity index (χ1) is 20.8. The van der Waals surface area contributed by atoms with Gasteiger partial charge in [0, 0.05) is 0 Å². The van der Waals surface area contributed by atoms with Gasteiger partial charge in [-0.3, -0.25) is 0 Å². The Hall–Kier alpha value is -3.03. The van der Waals surface area contributed by atoms with Crippen molar-refractivity contribution in [3.8, 4) is 11.5 Å². The number of unbranched alkanes of at least 4 members (excludes halogenated alkanes) is 8. The molecule has 43 heavy (non-hydrogen) atoms. The normalized spacial score (nSPS) is 17.3. The molecular weight excluding hydrogens is 557 g/mol. The fourth-order valence-electron chi connectivity index (χ4n) is 5.44. The maximum atomic E-state index is 14.7. The molecule has 0 spiro atoms. The second-order valence-electron chi connectivity index (χ2n) is 11.5. The minimum Gasteiger partial charge on any atom is -0.490 e. The van der Waals surface area contributed by atoms with Gasteiger partial charge in [0.05, 0.1) is 12.2 Å². The maximum absolute atomic E-state index is 14.7. The van der Waals surface area contributed by atoms with Crippen LogP contribution in [0, 0.1) is 11.6 Å². The second kappa shape index (κ2) is 18.6. The molecule has 3 rings (SSSR count). The highest BCUT2D eigenvalue weighted by molar-refractivity contribution is 5.91. The van der Waals surface area contributed by atoms with E-state index < -0.39 is 35.3 Å². The van der Waals surface area contributed by atoms with Gasteiger partial charge in [0.15, 0.2) is 17.7 Å². The third-order valence-corrected chi connectivity index (χ3v) is 8.11. The predicted molar refractivity (Wildman–Crippen MR) is 161 cm³/mol. The molecule has 2 aromatic carbocycles. The van der Waals surface area contributed by atoms with Gasteiger partial charge in [-0.15, -0.1) is 0 Å². The summed E-state index contributed by atoms with van der Waals surface area (Å²) < 4.78 is 59.4. The highest BCUT2D eigenvalue weighted by Crippen LogP contribution is 2.35. The Morgan fingerprint density at radius 1 is 0.791 bits per heavy atom. The molecule has 0 bridgehead atoms. The van der Waals surface area contributed by atoms with E-state index in [4.69, 9.17) is 14.2 Å². The van der Waals surface area contributed by atoms with Crippen molar-refractivity contribution in [3.63, 3.8) is 0 Å². The molecule has 1 saturated carbocycles. The number of benzene rings is 2. The molecule has 0 aliphatic heterocycles. The molecular formula is C35H47F3O5. The van der Waals surface area contributed by atoms with Crippen molar-refractivity contribution < 1.29 is 37.0 Å². The summed E-state index contributed by atoms with van der Waals surface area (Å²) in [5.41, 5.74) is 0.533. The zero-order chi connectivity index (χ0) is 31.0. The summed E-state index contributed by atoms with van der Waals surface area (Å²) in [6, 6.07) is 9.35. The molecule has 0 heterocycles. The van der Waals surface area contributed by atoms with Crippen LogP contribution in [0.1, 0.15) is 132 Å². The minimum absolute atomic E-state index is 0.197. The Labute approximate surface area is 254 Å². The van der Waals surface area contributed by atoms with E-state index in [0.29, 0.717) is 19.3 Å². The Balaban J connectivity index is 1.43. The van der Waals surface area contributed by atoms with Crippen molar-refractivity contribution in [2.75, 3.05) is 6.61 Å². The topological polar surface area (TPSA) is 61.8 Å². The molecule has 1 aliphatic carbocycles. The largest absolute Gasteiger partial charge is 0.490 e. The van der Waals surface area contributed by atoms with Crippen molar-refractivity contribution in [1.82, 2.24) is 0 Å². The van der Waals surface area contributed by atoms with Crippen LogP contribution in [0.3, 0.4) is 0 Å². The number of carbonyl (C=O) groups excluding carboxylic acids is 2. The highest BCUT2D eigenvalue weighted by Gasteiger charge is 2.28. The summed E-state index contributed by atoms with van der Waals surface area (Å²) in [6.07, 6.45) is 11.6. The molecule has 0 saturated heterocycles. The number of hydrogen-bond acceptors (Lipinski definition) is 5. The number of rotatable bonds is 18. The van der Waals surface area contributed by atoms with Gasteiger partial charge in [0.25, 0.3) is 0 Å². The lowest BCUT2D eigenvalue weighted by molar-refractivity contribution is -0.157. The zero-order valence-electron chi connectivity index (χ0n) is 25.7. The Morgan fingerprint density at radius 2 is 1.42 bits per heavy atom. The van der Waals surface area contributed by atoms with Crippen molar-refractivity contribution in [2.45, 2.75) is 128 Å². The lowest BCUT2D eigenvalue weighted by Crippen LogP contribution is -2.28. The zero-order valence-corrected chi connectivity index (χ0v) is 25.7. The fourth-order valence-corrected chi connectivity index (χ4v) is 5.44. The molecule has 0 aromatic heterocycles. The molecule has 5 nitrogen and oxygen atoms in total. The summed E-state index contributed by atoms with van der Waals surface area (Å²) in [6.45, 7) is 4.42. The van der Waals surface area contributed by atoms with E-state index >= 15 is 0 Å². The van der Waals surface area contributed by atoms with Crippen molar-refractivity contribution in [2.24, 2.45) is 0 Å². The van der Waals surface area contributed by atoms with Crippen LogP contribution in [0.25, 0.3) is 0 Å². The first-order valence-corrected chi connectivity index (χ1v) is 16.1. The van der Waals surface area contributed by atoms with Gasteiger partial charge in [-0.2, -0.15) is 4.39 Å². The second-order valence-corrected chi connectivity index (χ2v) is 11.5. The third-order valence-electron chi connectivity index (χ3n) is 8.11. The lowest BCUT2D eigenvalue weighted by Gasteiger charge is -2.29. The van der Waals surface area contributed by atoms with E-state index in [1.54, 1.807) is 12.1 Å². The number of halogens is 3. The monoisotopic (exact) mass is 604 g/mol. The smallest absolute Gasteiger partial charge is 0.346 e. The van der Waals surface area contributed by atoms with Crippen molar-refractivity contribution in [1.29, 1.82) is 0 Å². The van der Waals surface area contributed by atoms with E-state index in [1.807, 2.05) is 19.1 Å². The SMILES string of the molecule is CCCCCCCCCCOc1ccc(C(=O)Oc2ccc([C@H]3CC[C@H](OC(=O)[C@@H](F)CCCC)CC3)cc2)c(F)c1F. The van der Waals surface area contributed by atoms with Gasteiger partial charge < -0.3 is 14.2 Å². The summed E-state index contributed by atoms with van der Waals surface area (Å²) in [5.74, 6) is -4.03. The average Bonchev–Trinajstić information content (AvgIpc) is 3.01. The number of esters is 2. The molecule has 1 fully saturated rings. The minimum atomic E-state index is -1.56. The Bertz CT molecular complexity index is 1130. The molecule has 1 atom stereocenters. The van der Waals surface area contributed by atoms with Gasteiger partial charge in [0.2, 0.25) is 5.82 Å². The summed E-state index contributed by atoms with van der Waals surface area (Å²) >= 11 is 0.